The molecular weight excluding hydrogens is 1600 g/mol. The van der Waals surface area contributed by atoms with Gasteiger partial charge in [-0.05, 0) is 327 Å². The first-order chi connectivity index (χ1) is 59.4. The summed E-state index contributed by atoms with van der Waals surface area (Å²) < 4.78 is 2.19. The van der Waals surface area contributed by atoms with Gasteiger partial charge in [-0.15, -0.1) is 0 Å². The Morgan fingerprint density at radius 1 is 0.149 bits per heavy atom. The number of aliphatic hydroxyl groups is 2. The molecule has 24 aromatic carbocycles. The van der Waals surface area contributed by atoms with Gasteiger partial charge in [0.15, 0.2) is 6.29 Å². The van der Waals surface area contributed by atoms with Gasteiger partial charge in [-0.1, -0.05) is 365 Å². The van der Waals surface area contributed by atoms with Gasteiger partial charge >= 0.3 is 0 Å². The molecule has 0 heterocycles. The van der Waals surface area contributed by atoms with Crippen molar-refractivity contribution in [1.82, 2.24) is 0 Å². The summed E-state index contributed by atoms with van der Waals surface area (Å²) in [4.78, 5) is 0. The van der Waals surface area contributed by atoms with Crippen LogP contribution in [0.3, 0.4) is 0 Å². The van der Waals surface area contributed by atoms with Crippen LogP contribution in [-0.2, 0) is 0 Å². The van der Waals surface area contributed by atoms with Gasteiger partial charge in [0.2, 0.25) is 0 Å². The molecule has 121 heavy (non-hydrogen) atoms. The normalized spacial score (nSPS) is 11.8. The van der Waals surface area contributed by atoms with E-state index in [4.69, 9.17) is 0 Å². The minimum absolute atomic E-state index is 0.517. The second kappa shape index (κ2) is 30.1. The molecule has 2 N–H and O–H groups in total. The molecule has 0 amide bonds. The van der Waals surface area contributed by atoms with E-state index in [1.54, 1.807) is 6.07 Å². The van der Waals surface area contributed by atoms with Gasteiger partial charge in [0.1, 0.15) is 0 Å². The highest BCUT2D eigenvalue weighted by Gasteiger charge is 2.20. The van der Waals surface area contributed by atoms with Gasteiger partial charge in [0.05, 0.1) is 0 Å². The number of halogens is 2. The number of rotatable bonds is 7. The zero-order valence-electron chi connectivity index (χ0n) is 66.4. The third-order valence-corrected chi connectivity index (χ3v) is 25.9. The van der Waals surface area contributed by atoms with E-state index in [9.17, 15) is 10.2 Å². The highest BCUT2D eigenvalue weighted by molar-refractivity contribution is 9.11. The predicted octanol–water partition coefficient (Wildman–Crippen LogP) is 33.5. The summed E-state index contributed by atoms with van der Waals surface area (Å²) >= 11 is 7.03. The standard InChI is InChI=1S/C84H50.C19H14O2.C14H12Br2/c1-5-25-69-61(17-1)65-21-9-13-29-73(65)81-47-51(33-37-77(69)81)55-41-56(52-34-38-78-70-26-6-2-18-62(70)66-22-10-14-30-74(66)82(78)48-52)44-59(43-55)60-45-57(53-35-39-79-71-27-7-3-19-63(71)67-23-11-15-31-75(67)83(79)49-53)42-58(46-60)54-36-40-80-72-28-8-4-20-64(72)68-24-12-16-32-76(68)84(80)50-54;20-19(21)12-9-10-17-15-7-2-1-5-13(15)14-6-3-4-8-16(14)18(17)11-12;1-9-3-10(2)5-11(4-9)12-6-13(15)8-14(16)7-12/h1-50H;1-11,19-21H;3-8H,1-2H3. The lowest BCUT2D eigenvalue weighted by Crippen LogP contribution is -1.94. The molecule has 0 aromatic heterocycles. The second-order valence-electron chi connectivity index (χ2n) is 32.3. The van der Waals surface area contributed by atoms with Crippen molar-refractivity contribution >= 4 is 193 Å². The lowest BCUT2D eigenvalue weighted by Gasteiger charge is -2.17. The van der Waals surface area contributed by atoms with Crippen LogP contribution >= 0.6 is 31.9 Å². The lowest BCUT2D eigenvalue weighted by molar-refractivity contribution is -0.0423. The van der Waals surface area contributed by atoms with Crippen molar-refractivity contribution in [3.05, 3.63) is 432 Å². The Morgan fingerprint density at radius 3 is 0.529 bits per heavy atom. The smallest absolute Gasteiger partial charge is 0.178 e. The van der Waals surface area contributed by atoms with Crippen molar-refractivity contribution in [2.45, 2.75) is 20.1 Å². The van der Waals surface area contributed by atoms with E-state index in [2.05, 4.69) is 404 Å². The van der Waals surface area contributed by atoms with Crippen molar-refractivity contribution in [3.63, 3.8) is 0 Å². The molecule has 570 valence electrons. The van der Waals surface area contributed by atoms with Crippen LogP contribution in [-0.4, -0.2) is 10.2 Å². The number of fused-ring (bicyclic) bond motifs is 30. The topological polar surface area (TPSA) is 40.5 Å². The largest absolute Gasteiger partial charge is 0.364 e. The molecule has 0 unspecified atom stereocenters. The molecule has 0 spiro atoms. The maximum atomic E-state index is 9.42. The molecule has 0 aliphatic carbocycles. The summed E-state index contributed by atoms with van der Waals surface area (Å²) in [5, 5.41) is 56.3. The van der Waals surface area contributed by atoms with E-state index >= 15 is 0 Å². The van der Waals surface area contributed by atoms with Crippen molar-refractivity contribution in [2.75, 3.05) is 0 Å². The molecule has 24 aromatic rings. The van der Waals surface area contributed by atoms with Crippen molar-refractivity contribution in [1.29, 1.82) is 0 Å². The van der Waals surface area contributed by atoms with Gasteiger partial charge in [0.25, 0.3) is 0 Å². The first-order valence-corrected chi connectivity index (χ1v) is 42.9. The summed E-state index contributed by atoms with van der Waals surface area (Å²) in [5.41, 5.74) is 17.3. The number of benzene rings is 24. The molecule has 0 bridgehead atoms. The van der Waals surface area contributed by atoms with Crippen LogP contribution in [0.5, 0.6) is 0 Å². The maximum absolute atomic E-state index is 9.42. The van der Waals surface area contributed by atoms with Crippen LogP contribution in [0.25, 0.3) is 228 Å². The summed E-state index contributed by atoms with van der Waals surface area (Å²) in [5.74, 6) is 0. The maximum Gasteiger partial charge on any atom is 0.178 e. The Kier molecular flexibility index (Phi) is 18.3. The van der Waals surface area contributed by atoms with E-state index in [1.165, 1.54) is 212 Å². The Bertz CT molecular complexity index is 7460. The molecular formula is C117H76Br2O2. The molecule has 0 saturated heterocycles. The quantitative estimate of drug-likeness (QED) is 0.123. The first kappa shape index (κ1) is 73.4. The summed E-state index contributed by atoms with van der Waals surface area (Å²) in [6.07, 6.45) is -1.44. The SMILES string of the molecule is Cc1cc(C)cc(-c2cc(Br)cc(Br)c2)c1.OC(O)c1ccc2c3ccccc3c3ccccc3c2c1.c1ccc2c(c1)c1ccccc1c1cc(-c3cc(-c4cc(-c5ccc6c7ccccc7c7ccccc7c6c5)cc(-c5ccc6c7ccccc7c7ccccc7c6c5)c4)cc(-c4ccc5c6ccccc6c6ccccc6c5c4)c3)ccc21. The number of hydrogen-bond acceptors (Lipinski definition) is 2. The third kappa shape index (κ3) is 13.0. The van der Waals surface area contributed by atoms with Crippen LogP contribution in [0.15, 0.2) is 415 Å². The molecule has 0 radical (unpaired) electrons. The zero-order valence-corrected chi connectivity index (χ0v) is 69.6. The highest BCUT2D eigenvalue weighted by atomic mass is 79.9. The predicted molar refractivity (Wildman–Crippen MR) is 527 cm³/mol. The minimum atomic E-state index is -1.44. The fraction of sp³-hybridized carbons (Fsp3) is 0.0256. The van der Waals surface area contributed by atoms with Gasteiger partial charge in [-0.3, -0.25) is 0 Å². The number of aliphatic hydroxyl groups excluding tert-OH is 1. The third-order valence-electron chi connectivity index (χ3n) is 25.0. The summed E-state index contributed by atoms with van der Waals surface area (Å²) in [6, 6.07) is 150. The van der Waals surface area contributed by atoms with Crippen molar-refractivity contribution in [2.24, 2.45) is 0 Å². The molecule has 0 saturated carbocycles. The number of aryl methyl sites for hydroxylation is 2. The highest BCUT2D eigenvalue weighted by Crippen LogP contribution is 2.47. The van der Waals surface area contributed by atoms with Crippen molar-refractivity contribution < 1.29 is 10.2 Å². The van der Waals surface area contributed by atoms with E-state index in [0.717, 1.165) is 36.2 Å². The monoisotopic (exact) mass is 1670 g/mol. The van der Waals surface area contributed by atoms with Crippen LogP contribution < -0.4 is 0 Å². The van der Waals surface area contributed by atoms with Crippen LogP contribution in [0.1, 0.15) is 23.0 Å². The van der Waals surface area contributed by atoms with Gasteiger partial charge in [-0.25, -0.2) is 0 Å². The van der Waals surface area contributed by atoms with E-state index in [-0.39, 0.29) is 0 Å². The Hall–Kier alpha value is -13.9. The molecule has 4 heteroatoms. The summed E-state index contributed by atoms with van der Waals surface area (Å²) in [6.45, 7) is 4.26. The fourth-order valence-electron chi connectivity index (χ4n) is 19.6. The van der Waals surface area contributed by atoms with Crippen molar-refractivity contribution in [3.8, 4) is 66.8 Å². The molecule has 0 fully saturated rings. The Morgan fingerprint density at radius 2 is 0.314 bits per heavy atom. The molecule has 0 atom stereocenters. The van der Waals surface area contributed by atoms with Gasteiger partial charge in [0, 0.05) is 14.5 Å². The zero-order chi connectivity index (χ0) is 81.1. The summed E-state index contributed by atoms with van der Waals surface area (Å²) in [7, 11) is 0. The Balaban J connectivity index is 0.000000193. The fourth-order valence-corrected chi connectivity index (χ4v) is 20.8. The van der Waals surface area contributed by atoms with E-state index in [1.807, 2.05) is 42.5 Å². The average Bonchev–Trinajstić information content (AvgIpc) is 0.765. The molecule has 0 aliphatic rings. The first-order valence-electron chi connectivity index (χ1n) is 41.3. The molecule has 24 rings (SSSR count). The molecule has 0 aliphatic heterocycles. The lowest BCUT2D eigenvalue weighted by atomic mass is 9.87. The average molecular weight is 1670 g/mol. The number of hydrogen-bond donors (Lipinski definition) is 2. The van der Waals surface area contributed by atoms with E-state index < -0.39 is 6.29 Å². The van der Waals surface area contributed by atoms with Crippen LogP contribution in [0.4, 0.5) is 0 Å². The Labute approximate surface area is 717 Å². The molecule has 2 nitrogen and oxygen atoms in total. The van der Waals surface area contributed by atoms with Gasteiger partial charge in [-0.2, -0.15) is 0 Å². The van der Waals surface area contributed by atoms with Crippen LogP contribution in [0, 0.1) is 13.8 Å². The minimum Gasteiger partial charge on any atom is -0.364 e. The van der Waals surface area contributed by atoms with Gasteiger partial charge < -0.3 is 10.2 Å². The van der Waals surface area contributed by atoms with E-state index in [0.29, 0.717) is 5.56 Å². The van der Waals surface area contributed by atoms with Crippen LogP contribution in [0.2, 0.25) is 0 Å². The second-order valence-corrected chi connectivity index (χ2v) is 34.1.